The van der Waals surface area contributed by atoms with Crippen LogP contribution < -0.4 is 10.6 Å². The Hall–Kier alpha value is -2.26. The first-order valence-electron chi connectivity index (χ1n) is 7.51. The molecule has 2 N–H and O–H groups in total. The minimum Gasteiger partial charge on any atom is -0.326 e. The molecule has 1 aromatic carbocycles. The van der Waals surface area contributed by atoms with E-state index in [2.05, 4.69) is 10.6 Å². The van der Waals surface area contributed by atoms with Gasteiger partial charge >= 0.3 is 0 Å². The molecular formula is C15H17N3O5S. The second kappa shape index (κ2) is 5.99. The van der Waals surface area contributed by atoms with Crippen molar-refractivity contribution in [1.29, 1.82) is 0 Å². The van der Waals surface area contributed by atoms with E-state index in [1.165, 1.54) is 16.4 Å². The maximum Gasteiger partial charge on any atom is 0.259 e. The Kier molecular flexibility index (Phi) is 4.14. The molecule has 1 aromatic rings. The van der Waals surface area contributed by atoms with Crippen LogP contribution in [0.3, 0.4) is 0 Å². The van der Waals surface area contributed by atoms with Gasteiger partial charge in [0.2, 0.25) is 15.9 Å². The van der Waals surface area contributed by atoms with E-state index in [0.29, 0.717) is 37.2 Å². The zero-order valence-corrected chi connectivity index (χ0v) is 13.9. The van der Waals surface area contributed by atoms with Crippen LogP contribution >= 0.6 is 0 Å². The molecule has 2 aliphatic rings. The predicted octanol–water partition coefficient (Wildman–Crippen LogP) is 0.180. The topological polar surface area (TPSA) is 113 Å². The molecule has 1 saturated heterocycles. The zero-order chi connectivity index (χ0) is 17.5. The van der Waals surface area contributed by atoms with Crippen molar-refractivity contribution in [2.75, 3.05) is 24.7 Å². The number of hydrogen-bond donors (Lipinski definition) is 2. The van der Waals surface area contributed by atoms with Gasteiger partial charge in [-0.05, 0) is 31.0 Å². The second-order valence-corrected chi connectivity index (χ2v) is 7.95. The number of sulfonamides is 1. The number of carbonyl (C=O) groups is 3. The molecule has 0 aliphatic carbocycles. The zero-order valence-electron chi connectivity index (χ0n) is 13.0. The van der Waals surface area contributed by atoms with Gasteiger partial charge < -0.3 is 5.32 Å². The Morgan fingerprint density at radius 1 is 1.17 bits per heavy atom. The molecule has 0 bridgehead atoms. The third-order valence-electron chi connectivity index (χ3n) is 4.30. The highest BCUT2D eigenvalue weighted by atomic mass is 32.2. The molecule has 0 saturated carbocycles. The number of amides is 3. The number of anilines is 1. The van der Waals surface area contributed by atoms with E-state index in [1.807, 2.05) is 0 Å². The van der Waals surface area contributed by atoms with Gasteiger partial charge in [0.15, 0.2) is 0 Å². The summed E-state index contributed by atoms with van der Waals surface area (Å²) in [6.45, 7) is 0.635. The van der Waals surface area contributed by atoms with Crippen LogP contribution in [-0.2, 0) is 14.8 Å². The van der Waals surface area contributed by atoms with Crippen molar-refractivity contribution in [3.05, 3.63) is 29.3 Å². The lowest BCUT2D eigenvalue weighted by Crippen LogP contribution is -2.40. The maximum atomic E-state index is 12.3. The molecule has 0 unspecified atom stereocenters. The number of nitrogens with one attached hydrogen (secondary N) is 2. The van der Waals surface area contributed by atoms with Crippen LogP contribution in [0.25, 0.3) is 0 Å². The van der Waals surface area contributed by atoms with Crippen LogP contribution in [0.4, 0.5) is 5.69 Å². The molecule has 24 heavy (non-hydrogen) atoms. The first-order valence-corrected chi connectivity index (χ1v) is 9.36. The number of carbonyl (C=O) groups excluding carboxylic acids is 3. The van der Waals surface area contributed by atoms with E-state index in [4.69, 9.17) is 0 Å². The summed E-state index contributed by atoms with van der Waals surface area (Å²) in [4.78, 5) is 35.5. The molecule has 0 spiro atoms. The number of rotatable bonds is 3. The number of benzene rings is 1. The lowest BCUT2D eigenvalue weighted by Gasteiger charge is -2.29. The molecule has 3 rings (SSSR count). The smallest absolute Gasteiger partial charge is 0.259 e. The van der Waals surface area contributed by atoms with Gasteiger partial charge in [-0.3, -0.25) is 19.7 Å². The lowest BCUT2D eigenvalue weighted by molar-refractivity contribution is -0.120. The van der Waals surface area contributed by atoms with Crippen LogP contribution in [0, 0.1) is 5.92 Å². The standard InChI is InChI=1S/C15H17N3O5S/c1-24(22,23)18-6-4-9(5-7-18)13(19)16-10-2-3-11-12(8-10)15(21)17-14(11)20/h2-3,8-9H,4-7H2,1H3,(H,16,19)(H,17,20,21). The molecule has 3 amide bonds. The quantitative estimate of drug-likeness (QED) is 0.755. The molecule has 2 aliphatic heterocycles. The third-order valence-corrected chi connectivity index (χ3v) is 5.60. The van der Waals surface area contributed by atoms with Crippen LogP contribution in [-0.4, -0.2) is 49.8 Å². The summed E-state index contributed by atoms with van der Waals surface area (Å²) in [6, 6.07) is 4.54. The van der Waals surface area contributed by atoms with Crippen LogP contribution in [0.5, 0.6) is 0 Å². The van der Waals surface area contributed by atoms with Crippen molar-refractivity contribution >= 4 is 33.4 Å². The number of imide groups is 1. The third kappa shape index (κ3) is 3.17. The summed E-state index contributed by atoms with van der Waals surface area (Å²) in [5.41, 5.74) is 0.971. The van der Waals surface area contributed by atoms with Gasteiger partial charge in [-0.2, -0.15) is 0 Å². The van der Waals surface area contributed by atoms with Crippen LogP contribution in [0.15, 0.2) is 18.2 Å². The fourth-order valence-electron chi connectivity index (χ4n) is 2.94. The first kappa shape index (κ1) is 16.6. The van der Waals surface area contributed by atoms with Gasteiger partial charge in [0.05, 0.1) is 17.4 Å². The SMILES string of the molecule is CS(=O)(=O)N1CCC(C(=O)Nc2ccc3c(c2)C(=O)NC3=O)CC1. The van der Waals surface area contributed by atoms with Crippen molar-refractivity contribution < 1.29 is 22.8 Å². The summed E-state index contributed by atoms with van der Waals surface area (Å²) in [5, 5.41) is 4.92. The van der Waals surface area contributed by atoms with Gasteiger partial charge in [-0.15, -0.1) is 0 Å². The Labute approximate surface area is 139 Å². The van der Waals surface area contributed by atoms with Gasteiger partial charge in [-0.1, -0.05) is 0 Å². The Balaban J connectivity index is 1.65. The normalized spacial score (nSPS) is 19.0. The van der Waals surface area contributed by atoms with E-state index < -0.39 is 21.8 Å². The molecule has 0 radical (unpaired) electrons. The second-order valence-electron chi connectivity index (χ2n) is 5.97. The highest BCUT2D eigenvalue weighted by Crippen LogP contribution is 2.23. The minimum absolute atomic E-state index is 0.215. The maximum absolute atomic E-state index is 12.3. The molecule has 0 atom stereocenters. The Bertz CT molecular complexity index is 826. The van der Waals surface area contributed by atoms with Crippen molar-refractivity contribution in [3.8, 4) is 0 Å². The van der Waals surface area contributed by atoms with Crippen molar-refractivity contribution in [3.63, 3.8) is 0 Å². The summed E-state index contributed by atoms with van der Waals surface area (Å²) in [6.07, 6.45) is 2.05. The minimum atomic E-state index is -3.23. The Morgan fingerprint density at radius 3 is 2.42 bits per heavy atom. The fraction of sp³-hybridized carbons (Fsp3) is 0.400. The summed E-state index contributed by atoms with van der Waals surface area (Å²) < 4.78 is 24.3. The molecule has 128 valence electrons. The van der Waals surface area contributed by atoms with E-state index in [9.17, 15) is 22.8 Å². The number of fused-ring (bicyclic) bond motifs is 1. The van der Waals surface area contributed by atoms with Gasteiger partial charge in [0.25, 0.3) is 11.8 Å². The van der Waals surface area contributed by atoms with Crippen molar-refractivity contribution in [2.45, 2.75) is 12.8 Å². The van der Waals surface area contributed by atoms with Gasteiger partial charge in [0.1, 0.15) is 0 Å². The molecule has 2 heterocycles. The summed E-state index contributed by atoms with van der Waals surface area (Å²) in [7, 11) is -3.23. The van der Waals surface area contributed by atoms with Crippen LogP contribution in [0.1, 0.15) is 33.6 Å². The number of nitrogens with zero attached hydrogens (tertiary/aromatic N) is 1. The van der Waals surface area contributed by atoms with E-state index >= 15 is 0 Å². The predicted molar refractivity (Wildman–Crippen MR) is 86.0 cm³/mol. The highest BCUT2D eigenvalue weighted by Gasteiger charge is 2.30. The van der Waals surface area contributed by atoms with Crippen molar-refractivity contribution in [1.82, 2.24) is 9.62 Å². The van der Waals surface area contributed by atoms with E-state index in [0.717, 1.165) is 6.26 Å². The number of piperidine rings is 1. The summed E-state index contributed by atoms with van der Waals surface area (Å²) in [5.74, 6) is -1.42. The van der Waals surface area contributed by atoms with Gasteiger partial charge in [0, 0.05) is 24.7 Å². The highest BCUT2D eigenvalue weighted by molar-refractivity contribution is 7.88. The first-order chi connectivity index (χ1) is 11.3. The Morgan fingerprint density at radius 2 is 1.79 bits per heavy atom. The van der Waals surface area contributed by atoms with E-state index in [1.54, 1.807) is 6.07 Å². The average molecular weight is 351 g/mol. The fourth-order valence-corrected chi connectivity index (χ4v) is 3.81. The van der Waals surface area contributed by atoms with Crippen molar-refractivity contribution in [2.24, 2.45) is 5.92 Å². The number of hydrogen-bond acceptors (Lipinski definition) is 5. The molecule has 8 nitrogen and oxygen atoms in total. The average Bonchev–Trinajstić information content (AvgIpc) is 2.81. The molecule has 9 heteroatoms. The summed E-state index contributed by atoms with van der Waals surface area (Å²) >= 11 is 0. The lowest BCUT2D eigenvalue weighted by atomic mass is 9.97. The molecule has 0 aromatic heterocycles. The van der Waals surface area contributed by atoms with Crippen LogP contribution in [0.2, 0.25) is 0 Å². The largest absolute Gasteiger partial charge is 0.326 e. The molecular weight excluding hydrogens is 334 g/mol. The monoisotopic (exact) mass is 351 g/mol. The molecule has 1 fully saturated rings. The van der Waals surface area contributed by atoms with Gasteiger partial charge in [-0.25, -0.2) is 12.7 Å². The van der Waals surface area contributed by atoms with E-state index in [-0.39, 0.29) is 17.4 Å².